The van der Waals surface area contributed by atoms with Gasteiger partial charge in [0, 0.05) is 18.0 Å². The molecule has 1 aromatic heterocycles. The quantitative estimate of drug-likeness (QED) is 0.566. The lowest BCUT2D eigenvalue weighted by molar-refractivity contribution is 0.193. The van der Waals surface area contributed by atoms with Gasteiger partial charge in [-0.25, -0.2) is 0 Å². The summed E-state index contributed by atoms with van der Waals surface area (Å²) >= 11 is 12.4. The molecule has 1 heterocycles. The van der Waals surface area contributed by atoms with E-state index >= 15 is 0 Å². The van der Waals surface area contributed by atoms with Crippen LogP contribution in [0.25, 0.3) is 0 Å². The lowest BCUT2D eigenvalue weighted by Crippen LogP contribution is -2.24. The number of benzene rings is 2. The Morgan fingerprint density at radius 2 is 1.85 bits per heavy atom. The van der Waals surface area contributed by atoms with E-state index in [0.717, 1.165) is 5.56 Å². The van der Waals surface area contributed by atoms with Gasteiger partial charge in [0.15, 0.2) is 5.82 Å². The van der Waals surface area contributed by atoms with E-state index in [9.17, 15) is 0 Å². The lowest BCUT2D eigenvalue weighted by Gasteiger charge is -2.17. The summed E-state index contributed by atoms with van der Waals surface area (Å²) in [5, 5.41) is 7.99. The van der Waals surface area contributed by atoms with E-state index in [1.165, 1.54) is 0 Å². The molecule has 0 fully saturated rings. The van der Waals surface area contributed by atoms with Crippen molar-refractivity contribution in [3.8, 4) is 5.75 Å². The summed E-state index contributed by atoms with van der Waals surface area (Å²) in [6.45, 7) is 2.05. The molecule has 1 N–H and O–H groups in total. The van der Waals surface area contributed by atoms with Crippen LogP contribution in [0.2, 0.25) is 10.0 Å². The smallest absolute Gasteiger partial charge is 0.272 e. The third kappa shape index (κ3) is 5.36. The molecule has 0 aliphatic heterocycles. The van der Waals surface area contributed by atoms with Crippen LogP contribution in [0.3, 0.4) is 0 Å². The second kappa shape index (κ2) is 9.95. The van der Waals surface area contributed by atoms with Crippen molar-refractivity contribution in [2.75, 3.05) is 7.05 Å². The molecule has 0 radical (unpaired) electrons. The molecule has 3 rings (SSSR count). The minimum Gasteiger partial charge on any atom is -0.474 e. The number of likely N-dealkylation sites (N-methyl/N-ethyl adjacent to an activating group) is 1. The lowest BCUT2D eigenvalue weighted by atomic mass is 10.1. The molecular weight excluding hydrogens is 409 g/mol. The Kier molecular flexibility index (Phi) is 7.92. The average molecular weight is 429 g/mol. The Hall–Kier alpha value is -1.79. The topological polar surface area (TPSA) is 60.2 Å². The zero-order valence-electron chi connectivity index (χ0n) is 14.9. The van der Waals surface area contributed by atoms with Crippen LogP contribution in [-0.4, -0.2) is 23.2 Å². The fraction of sp³-hybridized carbons (Fsp3) is 0.263. The zero-order valence-corrected chi connectivity index (χ0v) is 17.2. The molecule has 2 aromatic carbocycles. The van der Waals surface area contributed by atoms with Gasteiger partial charge in [-0.1, -0.05) is 64.8 Å². The van der Waals surface area contributed by atoms with Crippen molar-refractivity contribution in [3.63, 3.8) is 0 Å². The van der Waals surface area contributed by atoms with Crippen LogP contribution >= 0.6 is 35.6 Å². The van der Waals surface area contributed by atoms with Gasteiger partial charge in [-0.3, -0.25) is 0 Å². The van der Waals surface area contributed by atoms with E-state index in [4.69, 9.17) is 32.5 Å². The van der Waals surface area contributed by atoms with Gasteiger partial charge >= 0.3 is 0 Å². The summed E-state index contributed by atoms with van der Waals surface area (Å²) in [5.74, 6) is 1.44. The van der Waals surface area contributed by atoms with Crippen LogP contribution in [0.1, 0.15) is 30.3 Å². The van der Waals surface area contributed by atoms with E-state index in [0.29, 0.717) is 33.9 Å². The summed E-state index contributed by atoms with van der Waals surface area (Å²) < 4.78 is 11.6. The number of hydrogen-bond acceptors (Lipinski definition) is 5. The Bertz CT molecular complexity index is 858. The second-order valence-electron chi connectivity index (χ2n) is 5.90. The van der Waals surface area contributed by atoms with Gasteiger partial charge in [0.2, 0.25) is 6.10 Å². The summed E-state index contributed by atoms with van der Waals surface area (Å²) in [5.41, 5.74) is 0.875. The molecule has 0 spiro atoms. The molecule has 0 aliphatic rings. The third-order valence-electron chi connectivity index (χ3n) is 3.95. The minimum absolute atomic E-state index is 0. The molecule has 3 aromatic rings. The maximum Gasteiger partial charge on any atom is 0.272 e. The number of halogens is 3. The van der Waals surface area contributed by atoms with Crippen molar-refractivity contribution in [2.24, 2.45) is 0 Å². The first kappa shape index (κ1) is 21.5. The number of ether oxygens (including phenoxy) is 1. The van der Waals surface area contributed by atoms with E-state index in [1.54, 1.807) is 18.2 Å². The molecule has 0 saturated carbocycles. The summed E-state index contributed by atoms with van der Waals surface area (Å²) in [4.78, 5) is 4.50. The Morgan fingerprint density at radius 1 is 1.11 bits per heavy atom. The van der Waals surface area contributed by atoms with Crippen LogP contribution in [0.15, 0.2) is 53.1 Å². The van der Waals surface area contributed by atoms with Crippen molar-refractivity contribution in [1.82, 2.24) is 15.5 Å². The molecule has 0 amide bonds. The van der Waals surface area contributed by atoms with Crippen molar-refractivity contribution < 1.29 is 9.26 Å². The van der Waals surface area contributed by atoms with Gasteiger partial charge in [-0.15, -0.1) is 12.4 Å². The fourth-order valence-corrected chi connectivity index (χ4v) is 2.76. The maximum atomic E-state index is 6.27. The summed E-state index contributed by atoms with van der Waals surface area (Å²) in [7, 11) is 1.89. The van der Waals surface area contributed by atoms with E-state index in [-0.39, 0.29) is 18.4 Å². The van der Waals surface area contributed by atoms with Crippen molar-refractivity contribution in [2.45, 2.75) is 25.5 Å². The maximum absolute atomic E-state index is 6.27. The SMILES string of the molecule is CNC(C)Cc1noc(C(Oc2cccc(Cl)c2Cl)c2ccccc2)n1.Cl. The first-order valence-corrected chi connectivity index (χ1v) is 8.99. The normalized spacial score (nSPS) is 12.9. The monoisotopic (exact) mass is 427 g/mol. The zero-order chi connectivity index (χ0) is 18.5. The first-order valence-electron chi connectivity index (χ1n) is 8.24. The first-order chi connectivity index (χ1) is 12.6. The molecule has 2 unspecified atom stereocenters. The predicted molar refractivity (Wildman–Crippen MR) is 109 cm³/mol. The van der Waals surface area contributed by atoms with Gasteiger partial charge in [0.05, 0.1) is 5.02 Å². The highest BCUT2D eigenvalue weighted by molar-refractivity contribution is 6.42. The number of nitrogens with one attached hydrogen (secondary N) is 1. The molecule has 0 aliphatic carbocycles. The molecule has 5 nitrogen and oxygen atoms in total. The second-order valence-corrected chi connectivity index (χ2v) is 6.69. The highest BCUT2D eigenvalue weighted by Crippen LogP contribution is 2.36. The van der Waals surface area contributed by atoms with E-state index in [1.807, 2.05) is 44.3 Å². The molecular formula is C19H20Cl3N3O2. The van der Waals surface area contributed by atoms with Gasteiger partial charge in [-0.2, -0.15) is 4.98 Å². The molecule has 0 saturated heterocycles. The van der Waals surface area contributed by atoms with Gasteiger partial charge in [0.1, 0.15) is 10.8 Å². The number of hydrogen-bond donors (Lipinski definition) is 1. The molecule has 144 valence electrons. The van der Waals surface area contributed by atoms with Crippen LogP contribution in [0.4, 0.5) is 0 Å². The van der Waals surface area contributed by atoms with Gasteiger partial charge < -0.3 is 14.6 Å². The van der Waals surface area contributed by atoms with Crippen LogP contribution in [-0.2, 0) is 6.42 Å². The molecule has 2 atom stereocenters. The Morgan fingerprint density at radius 3 is 2.56 bits per heavy atom. The van der Waals surface area contributed by atoms with Crippen molar-refractivity contribution in [3.05, 3.63) is 75.9 Å². The van der Waals surface area contributed by atoms with Gasteiger partial charge in [-0.05, 0) is 26.1 Å². The summed E-state index contributed by atoms with van der Waals surface area (Å²) in [6.07, 6.45) is 0.0673. The average Bonchev–Trinajstić information content (AvgIpc) is 3.11. The van der Waals surface area contributed by atoms with E-state index in [2.05, 4.69) is 15.5 Å². The van der Waals surface area contributed by atoms with Crippen LogP contribution in [0, 0.1) is 0 Å². The molecule has 27 heavy (non-hydrogen) atoms. The highest BCUT2D eigenvalue weighted by atomic mass is 35.5. The highest BCUT2D eigenvalue weighted by Gasteiger charge is 2.25. The standard InChI is InChI=1S/C19H19Cl2N3O2.ClH/c1-12(22-2)11-16-23-19(26-24-16)18(13-7-4-3-5-8-13)25-15-10-6-9-14(20)17(15)21;/h3-10,12,18,22H,11H2,1-2H3;1H. The van der Waals surface area contributed by atoms with Crippen LogP contribution < -0.4 is 10.1 Å². The van der Waals surface area contributed by atoms with Crippen LogP contribution in [0.5, 0.6) is 5.75 Å². The number of aromatic nitrogens is 2. The summed E-state index contributed by atoms with van der Waals surface area (Å²) in [6, 6.07) is 15.1. The van der Waals surface area contributed by atoms with Crippen molar-refractivity contribution >= 4 is 35.6 Å². The third-order valence-corrected chi connectivity index (χ3v) is 4.75. The molecule has 8 heteroatoms. The molecule has 0 bridgehead atoms. The minimum atomic E-state index is -0.585. The van der Waals surface area contributed by atoms with Gasteiger partial charge in [0.25, 0.3) is 5.89 Å². The van der Waals surface area contributed by atoms with Crippen molar-refractivity contribution in [1.29, 1.82) is 0 Å². The largest absolute Gasteiger partial charge is 0.474 e. The Labute approximate surface area is 174 Å². The predicted octanol–water partition coefficient (Wildman–Crippen LogP) is 5.12. The number of nitrogens with zero attached hydrogens (tertiary/aromatic N) is 2. The Balaban J connectivity index is 0.00000261. The fourth-order valence-electron chi connectivity index (χ4n) is 2.42. The van der Waals surface area contributed by atoms with E-state index < -0.39 is 6.10 Å². The number of rotatable bonds is 7.